The molecule has 0 bridgehead atoms. The van der Waals surface area contributed by atoms with Crippen LogP contribution in [0.25, 0.3) is 0 Å². The molecule has 0 heterocycles. The van der Waals surface area contributed by atoms with Crippen molar-refractivity contribution in [1.29, 1.82) is 0 Å². The van der Waals surface area contributed by atoms with E-state index in [-0.39, 0.29) is 75.6 Å². The lowest BCUT2D eigenvalue weighted by Gasteiger charge is -2.21. The first-order valence-corrected chi connectivity index (χ1v) is 34.5. The Hall–Kier alpha value is -3.69. The van der Waals surface area contributed by atoms with Crippen molar-refractivity contribution in [3.05, 3.63) is 24.3 Å². The zero-order valence-electron chi connectivity index (χ0n) is 51.1. The number of nitrogens with two attached hydrogens (primary N) is 4. The Bertz CT molecular complexity index is 1680. The van der Waals surface area contributed by atoms with Gasteiger partial charge < -0.3 is 58.4 Å². The number of allylic oxidation sites excluding steroid dienone is 4. The first-order chi connectivity index (χ1) is 39.9. The van der Waals surface area contributed by atoms with Gasteiger partial charge >= 0.3 is 17.9 Å². The number of carbonyl (C=O) groups is 7. The van der Waals surface area contributed by atoms with Gasteiger partial charge in [-0.05, 0) is 116 Å². The topological polar surface area (TPSA) is 299 Å². The van der Waals surface area contributed by atoms with E-state index in [0.717, 1.165) is 77.0 Å². The van der Waals surface area contributed by atoms with Crippen molar-refractivity contribution in [2.45, 2.75) is 269 Å². The second-order valence-corrected chi connectivity index (χ2v) is 24.2. The van der Waals surface area contributed by atoms with E-state index in [1.807, 2.05) is 0 Å². The molecule has 3 unspecified atom stereocenters. The number of nitrogens with one attached hydrogen (secondary N) is 4. The highest BCUT2D eigenvalue weighted by Gasteiger charge is 2.24. The molecule has 0 spiro atoms. The molecule has 0 aromatic heterocycles. The molecule has 0 aliphatic carbocycles. The first kappa shape index (κ1) is 78.3. The summed E-state index contributed by atoms with van der Waals surface area (Å²) in [5.41, 5.74) is 23.0. The maximum atomic E-state index is 13.1. The average Bonchev–Trinajstić information content (AvgIpc) is 3.47. The molecule has 0 aromatic carbocycles. The van der Waals surface area contributed by atoms with E-state index < -0.39 is 42.1 Å². The largest absolute Gasteiger partial charge is 0.462 e. The van der Waals surface area contributed by atoms with Gasteiger partial charge in [0.1, 0.15) is 19.3 Å². The summed E-state index contributed by atoms with van der Waals surface area (Å²) in [7, 11) is 3.00. The molecule has 82 heavy (non-hydrogen) atoms. The van der Waals surface area contributed by atoms with Gasteiger partial charge in [0.05, 0.1) is 18.5 Å². The van der Waals surface area contributed by atoms with Crippen LogP contribution in [0.1, 0.15) is 245 Å². The number of hydrogen-bond donors (Lipinski definition) is 8. The highest BCUT2D eigenvalue weighted by molar-refractivity contribution is 8.76. The summed E-state index contributed by atoms with van der Waals surface area (Å²) in [5.74, 6) is -1.79. The van der Waals surface area contributed by atoms with Gasteiger partial charge in [-0.25, -0.2) is 0 Å². The average molecular weight is 1200 g/mol. The van der Waals surface area contributed by atoms with Crippen LogP contribution in [0.2, 0.25) is 0 Å². The SMILES string of the molecule is CCCCCCCC/C=C\CCCCCCCC(=O)OC[C@@H](COC(=O)CCC(=O)NCCSSCCNC(=O)C(CCCNC(=O)C(N)CCCN)NC(=O)C(N)CCCN)OC(=O)CCCCCCC/C=C\CCCCCCCC. The van der Waals surface area contributed by atoms with Gasteiger partial charge in [0.15, 0.2) is 6.10 Å². The highest BCUT2D eigenvalue weighted by Crippen LogP contribution is 2.20. The highest BCUT2D eigenvalue weighted by atomic mass is 33.1. The number of rotatable bonds is 59. The molecule has 12 N–H and O–H groups in total. The summed E-state index contributed by atoms with van der Waals surface area (Å²) >= 11 is 0. The Labute approximate surface area is 503 Å². The van der Waals surface area contributed by atoms with Crippen molar-refractivity contribution in [3.8, 4) is 0 Å². The maximum Gasteiger partial charge on any atom is 0.306 e. The standard InChI is InChI=1S/C62H116N8O10S2/c1-3-5-7-9-11-13-15-17-19-21-23-25-27-29-31-39-57(72)78-50-52(80-59(74)40-32-30-28-26-24-22-20-18-16-14-12-10-8-6-4-2)51-79-58(73)42-41-56(71)67-46-48-81-82-49-47-69-62(77)55(70-61(76)54(66)37-34-44-64)38-35-45-68-60(75)53(65)36-33-43-63/h17-20,52-55H,3-16,21-51,63-66H2,1-2H3,(H,67,71)(H,68,75)(H,69,77)(H,70,76)/b19-17-,20-18-/t52-,53?,54?,55?/m0/s1. The second-order valence-electron chi connectivity index (χ2n) is 21.5. The second kappa shape index (κ2) is 59.1. The Morgan fingerprint density at radius 2 is 0.841 bits per heavy atom. The predicted octanol–water partition coefficient (Wildman–Crippen LogP) is 9.97. The Balaban J connectivity index is 4.80. The van der Waals surface area contributed by atoms with E-state index in [4.69, 9.17) is 37.1 Å². The number of amides is 4. The lowest BCUT2D eigenvalue weighted by Crippen LogP contribution is -2.52. The summed E-state index contributed by atoms with van der Waals surface area (Å²) < 4.78 is 16.6. The van der Waals surface area contributed by atoms with Crippen LogP contribution in [0.15, 0.2) is 24.3 Å². The van der Waals surface area contributed by atoms with Gasteiger partial charge in [-0.3, -0.25) is 33.6 Å². The third-order valence-corrected chi connectivity index (χ3v) is 16.2. The summed E-state index contributed by atoms with van der Waals surface area (Å²) in [6.45, 7) is 5.74. The van der Waals surface area contributed by atoms with Crippen molar-refractivity contribution in [2.75, 3.05) is 57.4 Å². The van der Waals surface area contributed by atoms with E-state index in [2.05, 4.69) is 59.4 Å². The number of ether oxygens (including phenoxy) is 3. The molecule has 4 atom stereocenters. The minimum absolute atomic E-state index is 0.0993. The number of hydrogen-bond acceptors (Lipinski definition) is 16. The third kappa shape index (κ3) is 51.9. The third-order valence-electron chi connectivity index (χ3n) is 13.8. The van der Waals surface area contributed by atoms with Crippen LogP contribution in [0, 0.1) is 0 Å². The summed E-state index contributed by atoms with van der Waals surface area (Å²) in [4.78, 5) is 89.2. The van der Waals surface area contributed by atoms with Gasteiger partial charge in [0, 0.05) is 50.4 Å². The Morgan fingerprint density at radius 1 is 0.427 bits per heavy atom. The maximum absolute atomic E-state index is 13.1. The fourth-order valence-electron chi connectivity index (χ4n) is 8.68. The lowest BCUT2D eigenvalue weighted by molar-refractivity contribution is -0.167. The summed E-state index contributed by atoms with van der Waals surface area (Å²) in [6.07, 6.45) is 41.1. The van der Waals surface area contributed by atoms with E-state index in [1.165, 1.54) is 98.6 Å². The van der Waals surface area contributed by atoms with E-state index in [0.29, 0.717) is 82.6 Å². The minimum Gasteiger partial charge on any atom is -0.462 e. The Morgan fingerprint density at radius 3 is 1.33 bits per heavy atom. The van der Waals surface area contributed by atoms with Gasteiger partial charge in [0.2, 0.25) is 23.6 Å². The molecule has 0 saturated carbocycles. The molecule has 18 nitrogen and oxygen atoms in total. The molecule has 0 aliphatic rings. The van der Waals surface area contributed by atoms with Crippen LogP contribution < -0.4 is 44.2 Å². The quantitative estimate of drug-likeness (QED) is 0.00923. The van der Waals surface area contributed by atoms with Gasteiger partial charge in [0.25, 0.3) is 0 Å². The lowest BCUT2D eigenvalue weighted by atomic mass is 10.1. The molecule has 476 valence electrons. The van der Waals surface area contributed by atoms with Crippen LogP contribution in [0.3, 0.4) is 0 Å². The molecule has 4 amide bonds. The number of esters is 3. The molecular weight excluding hydrogens is 1080 g/mol. The fourth-order valence-corrected chi connectivity index (χ4v) is 10.5. The minimum atomic E-state index is -0.963. The summed E-state index contributed by atoms with van der Waals surface area (Å²) in [6, 6.07) is -2.34. The summed E-state index contributed by atoms with van der Waals surface area (Å²) in [5, 5.41) is 11.2. The van der Waals surface area contributed by atoms with Crippen molar-refractivity contribution < 1.29 is 47.8 Å². The molecule has 0 aliphatic heterocycles. The zero-order valence-corrected chi connectivity index (χ0v) is 52.8. The normalized spacial score (nSPS) is 12.9. The monoisotopic (exact) mass is 1200 g/mol. The van der Waals surface area contributed by atoms with Crippen LogP contribution in [-0.4, -0.2) is 123 Å². The molecular formula is C62H116N8O10S2. The van der Waals surface area contributed by atoms with Crippen molar-refractivity contribution in [1.82, 2.24) is 21.3 Å². The van der Waals surface area contributed by atoms with E-state index >= 15 is 0 Å². The van der Waals surface area contributed by atoms with Crippen molar-refractivity contribution in [2.24, 2.45) is 22.9 Å². The number of unbranched alkanes of at least 4 members (excludes halogenated alkanes) is 22. The first-order valence-electron chi connectivity index (χ1n) is 32.0. The molecule has 0 rings (SSSR count). The molecule has 0 aromatic rings. The molecule has 20 heteroatoms. The van der Waals surface area contributed by atoms with Crippen LogP contribution in [-0.2, 0) is 47.8 Å². The van der Waals surface area contributed by atoms with Crippen molar-refractivity contribution in [3.63, 3.8) is 0 Å². The smallest absolute Gasteiger partial charge is 0.306 e. The number of carbonyl (C=O) groups excluding carboxylic acids is 7. The van der Waals surface area contributed by atoms with Crippen molar-refractivity contribution >= 4 is 63.1 Å². The van der Waals surface area contributed by atoms with Gasteiger partial charge in [-0.15, -0.1) is 0 Å². The van der Waals surface area contributed by atoms with Crippen LogP contribution >= 0.6 is 21.6 Å². The van der Waals surface area contributed by atoms with E-state index in [9.17, 15) is 33.6 Å². The molecule has 0 saturated heterocycles. The predicted molar refractivity (Wildman–Crippen MR) is 338 cm³/mol. The van der Waals surface area contributed by atoms with Crippen LogP contribution in [0.5, 0.6) is 0 Å². The molecule has 0 fully saturated rings. The van der Waals surface area contributed by atoms with Crippen LogP contribution in [0.4, 0.5) is 0 Å². The van der Waals surface area contributed by atoms with Gasteiger partial charge in [-0.2, -0.15) is 0 Å². The molecule has 0 radical (unpaired) electrons. The fraction of sp³-hybridized carbons (Fsp3) is 0.823. The Kier molecular flexibility index (Phi) is 56.4. The van der Waals surface area contributed by atoms with E-state index in [1.54, 1.807) is 0 Å². The van der Waals surface area contributed by atoms with Gasteiger partial charge in [-0.1, -0.05) is 162 Å². The zero-order chi connectivity index (χ0) is 60.4.